The average Bonchev–Trinajstić information content (AvgIpc) is 2.98. The number of rotatable bonds is 2. The Morgan fingerprint density at radius 2 is 1.42 bits per heavy atom. The third-order valence-corrected chi connectivity index (χ3v) is 5.94. The van der Waals surface area contributed by atoms with Crippen LogP contribution in [0.2, 0.25) is 0 Å². The zero-order chi connectivity index (χ0) is 24.2. The van der Waals surface area contributed by atoms with Crippen LogP contribution >= 0.6 is 0 Å². The fourth-order valence-corrected chi connectivity index (χ4v) is 4.13. The number of hydrogen-bond donors (Lipinski definition) is 0. The van der Waals surface area contributed by atoms with Crippen LogP contribution in [0.15, 0.2) is 109 Å². The van der Waals surface area contributed by atoms with Crippen LogP contribution in [-0.2, 0) is 59.4 Å². The second-order valence-corrected chi connectivity index (χ2v) is 8.30. The molecule has 0 spiro atoms. The minimum absolute atomic E-state index is 0. The predicted molar refractivity (Wildman–Crippen MR) is 142 cm³/mol. The van der Waals surface area contributed by atoms with Gasteiger partial charge in [0, 0.05) is 58.5 Å². The molecule has 0 N–H and O–H groups in total. The maximum absolute atomic E-state index is 5.80. The fraction of sp³-hybridized carbons (Fsp3) is 0.0303. The minimum atomic E-state index is 0. The summed E-state index contributed by atoms with van der Waals surface area (Å²) in [4.78, 5) is 9.05. The number of nitrogens with zero attached hydrogens (tertiary/aromatic N) is 2. The number of fused-ring (bicyclic) bond motifs is 4. The van der Waals surface area contributed by atoms with E-state index in [-0.39, 0.29) is 52.8 Å². The molecule has 2 radical (unpaired) electrons. The van der Waals surface area contributed by atoms with E-state index in [4.69, 9.17) is 4.74 Å². The van der Waals surface area contributed by atoms with Gasteiger partial charge >= 0.3 is 0 Å². The van der Waals surface area contributed by atoms with E-state index >= 15 is 0 Å². The van der Waals surface area contributed by atoms with Crippen LogP contribution in [0.4, 0.5) is 0 Å². The summed E-state index contributed by atoms with van der Waals surface area (Å²) in [5.74, 6) is 0.783. The largest absolute Gasteiger partial charge is 0.516 e. The number of para-hydroxylation sites is 1. The van der Waals surface area contributed by atoms with Crippen molar-refractivity contribution in [3.05, 3.63) is 139 Å². The predicted octanol–water partition coefficient (Wildman–Crippen LogP) is 7.41. The van der Waals surface area contributed by atoms with Crippen molar-refractivity contribution in [2.45, 2.75) is 6.61 Å². The monoisotopic (exact) mass is 742 g/mol. The van der Waals surface area contributed by atoms with Gasteiger partial charge in [-0.3, -0.25) is 4.98 Å². The first kappa shape index (κ1) is 28.0. The Morgan fingerprint density at radius 3 is 2.21 bits per heavy atom. The van der Waals surface area contributed by atoms with E-state index in [2.05, 4.69) is 46.5 Å². The summed E-state index contributed by atoms with van der Waals surface area (Å²) in [5.41, 5.74) is 7.82. The summed E-state index contributed by atoms with van der Waals surface area (Å²) >= 11 is 0. The molecule has 38 heavy (non-hydrogen) atoms. The molecule has 1 aliphatic rings. The zero-order valence-electron chi connectivity index (χ0n) is 20.3. The second-order valence-electron chi connectivity index (χ2n) is 8.30. The molecule has 184 valence electrons. The standard InChI is InChI=1S/C18H10NO.C15H10N.Ir.Y/c1-2-6-13(7-3-1)15-10-17-18(19-11-15)16-9-5-4-8-14(16)12-20-17;1-2-6-12(7-3-1)15-11-10-13-8-4-5-9-14(13)16-15;;/h1-6,8,10H,12H2;1-6,8-11H;;/q-3;-1;;. The van der Waals surface area contributed by atoms with Gasteiger partial charge in [-0.25, -0.2) is 11.1 Å². The summed E-state index contributed by atoms with van der Waals surface area (Å²) < 4.78 is 5.80. The van der Waals surface area contributed by atoms with Crippen molar-refractivity contribution in [2.24, 2.45) is 0 Å². The van der Waals surface area contributed by atoms with E-state index in [0.717, 1.165) is 50.5 Å². The fourth-order valence-electron chi connectivity index (χ4n) is 4.13. The van der Waals surface area contributed by atoms with Crippen LogP contribution in [0.5, 0.6) is 5.75 Å². The van der Waals surface area contributed by atoms with E-state index in [9.17, 15) is 0 Å². The van der Waals surface area contributed by atoms with E-state index in [1.54, 1.807) is 0 Å². The molecule has 0 saturated heterocycles. The quantitative estimate of drug-likeness (QED) is 0.174. The molecule has 1 aliphatic heterocycles. The summed E-state index contributed by atoms with van der Waals surface area (Å²) in [6, 6.07) is 45.4. The Balaban J connectivity index is 0.000000172. The zero-order valence-corrected chi connectivity index (χ0v) is 25.5. The smallest absolute Gasteiger partial charge is 0.0781 e. The topological polar surface area (TPSA) is 35.0 Å². The molecule has 6 aromatic rings. The first-order valence-corrected chi connectivity index (χ1v) is 11.7. The summed E-state index contributed by atoms with van der Waals surface area (Å²) in [6.45, 7) is 0.559. The maximum atomic E-state index is 5.80. The van der Waals surface area contributed by atoms with Crippen LogP contribution in [-0.4, -0.2) is 9.97 Å². The van der Waals surface area contributed by atoms with E-state index in [1.165, 1.54) is 5.39 Å². The second kappa shape index (κ2) is 13.2. The number of ether oxygens (including phenoxy) is 1. The Labute approximate surface area is 261 Å². The van der Waals surface area contributed by atoms with Gasteiger partial charge in [0.05, 0.1) is 17.9 Å². The number of hydrogen-bond acceptors (Lipinski definition) is 3. The molecule has 0 bridgehead atoms. The Hall–Kier alpha value is -3.01. The van der Waals surface area contributed by atoms with Gasteiger partial charge in [-0.15, -0.1) is 77.9 Å². The van der Waals surface area contributed by atoms with Crippen molar-refractivity contribution in [3.63, 3.8) is 0 Å². The molecule has 3 heterocycles. The molecule has 0 atom stereocenters. The normalized spacial score (nSPS) is 10.8. The van der Waals surface area contributed by atoms with Gasteiger partial charge in [0.25, 0.3) is 0 Å². The van der Waals surface area contributed by atoms with Gasteiger partial charge in [0.1, 0.15) is 0 Å². The van der Waals surface area contributed by atoms with Crippen LogP contribution in [0.25, 0.3) is 44.5 Å². The van der Waals surface area contributed by atoms with Crippen LogP contribution in [0.3, 0.4) is 0 Å². The van der Waals surface area contributed by atoms with Gasteiger partial charge in [-0.1, -0.05) is 42.1 Å². The molecular weight excluding hydrogens is 721 g/mol. The van der Waals surface area contributed by atoms with Crippen molar-refractivity contribution >= 4 is 10.9 Å². The summed E-state index contributed by atoms with van der Waals surface area (Å²) in [6.07, 6.45) is 3.07. The third-order valence-electron chi connectivity index (χ3n) is 5.94. The molecule has 2 aromatic heterocycles. The SMILES string of the molecule is [Ir].[Y].[c-]1ccccc1-c1[c-]nc2c(c1)OCc1ccc[c-]c1-2.[c-]1ccccc1-c1ccc2ccccc2n1. The summed E-state index contributed by atoms with van der Waals surface area (Å²) in [7, 11) is 0. The first-order valence-electron chi connectivity index (χ1n) is 11.7. The molecule has 0 saturated carbocycles. The average molecular weight is 742 g/mol. The van der Waals surface area contributed by atoms with Gasteiger partial charge in [-0.05, 0) is 17.1 Å². The minimum Gasteiger partial charge on any atom is -0.516 e. The molecule has 0 fully saturated rings. The molecule has 3 nitrogen and oxygen atoms in total. The Bertz CT molecular complexity index is 1640. The Kier molecular flexibility index (Phi) is 9.71. The van der Waals surface area contributed by atoms with Crippen molar-refractivity contribution in [1.82, 2.24) is 9.97 Å². The van der Waals surface area contributed by atoms with Crippen LogP contribution in [0, 0.1) is 24.4 Å². The van der Waals surface area contributed by atoms with Gasteiger partial charge in [0.2, 0.25) is 0 Å². The third kappa shape index (κ3) is 6.17. The summed E-state index contributed by atoms with van der Waals surface area (Å²) in [5, 5.41) is 1.17. The Morgan fingerprint density at radius 1 is 0.684 bits per heavy atom. The van der Waals surface area contributed by atoms with Crippen molar-refractivity contribution in [1.29, 1.82) is 0 Å². The van der Waals surface area contributed by atoms with E-state index in [0.29, 0.717) is 6.61 Å². The van der Waals surface area contributed by atoms with Crippen molar-refractivity contribution < 1.29 is 57.6 Å². The van der Waals surface area contributed by atoms with Crippen LogP contribution < -0.4 is 4.74 Å². The molecule has 0 amide bonds. The molecular formula is C33H20IrN2OY-4. The molecule has 7 rings (SSSR count). The molecule has 5 heteroatoms. The van der Waals surface area contributed by atoms with E-state index < -0.39 is 0 Å². The number of pyridine rings is 2. The van der Waals surface area contributed by atoms with Crippen molar-refractivity contribution in [2.75, 3.05) is 0 Å². The number of aromatic nitrogens is 2. The van der Waals surface area contributed by atoms with Gasteiger partial charge in [-0.2, -0.15) is 24.3 Å². The molecule has 0 unspecified atom stereocenters. The first-order chi connectivity index (χ1) is 17.8. The maximum Gasteiger partial charge on any atom is 0.0781 e. The molecule has 4 aromatic carbocycles. The van der Waals surface area contributed by atoms with Crippen molar-refractivity contribution in [3.8, 4) is 39.4 Å². The number of benzene rings is 4. The van der Waals surface area contributed by atoms with Gasteiger partial charge in [0.15, 0.2) is 0 Å². The van der Waals surface area contributed by atoms with E-state index in [1.807, 2.05) is 97.1 Å². The van der Waals surface area contributed by atoms with Gasteiger partial charge < -0.3 is 9.72 Å². The van der Waals surface area contributed by atoms with Crippen LogP contribution in [0.1, 0.15) is 5.56 Å². The molecule has 0 aliphatic carbocycles.